The van der Waals surface area contributed by atoms with Crippen LogP contribution in [0.4, 0.5) is 17.6 Å². The van der Waals surface area contributed by atoms with Crippen LogP contribution < -0.4 is 4.74 Å². The van der Waals surface area contributed by atoms with Gasteiger partial charge in [0.05, 0.1) is 0 Å². The molecule has 15 heavy (non-hydrogen) atoms. The molecular weight excluding hydrogens is 232 g/mol. The van der Waals surface area contributed by atoms with Gasteiger partial charge in [-0.25, -0.2) is 4.39 Å². The molecule has 1 atom stereocenters. The van der Waals surface area contributed by atoms with E-state index >= 15 is 0 Å². The second-order valence-electron chi connectivity index (χ2n) is 3.09. The normalized spacial score (nSPS) is 20.1. The molecule has 6 heteroatoms. The first-order valence-electron chi connectivity index (χ1n) is 4.12. The van der Waals surface area contributed by atoms with E-state index < -0.39 is 17.9 Å². The van der Waals surface area contributed by atoms with E-state index in [1.165, 1.54) is 12.1 Å². The zero-order chi connectivity index (χ0) is 11.1. The summed E-state index contributed by atoms with van der Waals surface area (Å²) in [6, 6.07) is 3.18. The van der Waals surface area contributed by atoms with Gasteiger partial charge < -0.3 is 4.74 Å². The average Bonchev–Trinajstić information content (AvgIpc) is 2.80. The van der Waals surface area contributed by atoms with Crippen LogP contribution >= 0.6 is 11.8 Å². The van der Waals surface area contributed by atoms with E-state index in [-0.39, 0.29) is 5.25 Å². The summed E-state index contributed by atoms with van der Waals surface area (Å²) in [5.41, 5.74) is 0.541. The molecule has 1 fully saturated rings. The van der Waals surface area contributed by atoms with Gasteiger partial charge in [0.1, 0.15) is 11.6 Å². The molecule has 0 bridgehead atoms. The van der Waals surface area contributed by atoms with Crippen LogP contribution in [0.15, 0.2) is 18.2 Å². The SMILES string of the molecule is Fc1cc(OC(F)(F)F)cc(C2CS2)c1. The fourth-order valence-electron chi connectivity index (χ4n) is 1.20. The van der Waals surface area contributed by atoms with E-state index in [1.807, 2.05) is 0 Å². The Bertz CT molecular complexity index is 373. The third-order valence-electron chi connectivity index (χ3n) is 1.83. The van der Waals surface area contributed by atoms with Gasteiger partial charge in [-0.3, -0.25) is 0 Å². The summed E-state index contributed by atoms with van der Waals surface area (Å²) >= 11 is 1.55. The molecule has 0 radical (unpaired) electrons. The molecule has 82 valence electrons. The third kappa shape index (κ3) is 3.02. The van der Waals surface area contributed by atoms with Crippen molar-refractivity contribution in [3.8, 4) is 5.75 Å². The predicted molar refractivity (Wildman–Crippen MR) is 48.3 cm³/mol. The Hall–Kier alpha value is -0.910. The summed E-state index contributed by atoms with van der Waals surface area (Å²) in [4.78, 5) is 0. The molecule has 1 aromatic rings. The van der Waals surface area contributed by atoms with E-state index in [0.29, 0.717) is 5.56 Å². The van der Waals surface area contributed by atoms with Crippen LogP contribution in [0.25, 0.3) is 0 Å². The molecule has 2 rings (SSSR count). The van der Waals surface area contributed by atoms with Crippen LogP contribution in [0, 0.1) is 5.82 Å². The van der Waals surface area contributed by atoms with Gasteiger partial charge >= 0.3 is 6.36 Å². The Morgan fingerprint density at radius 3 is 2.47 bits per heavy atom. The Kier molecular flexibility index (Phi) is 2.54. The van der Waals surface area contributed by atoms with Gasteiger partial charge in [0.2, 0.25) is 0 Å². The van der Waals surface area contributed by atoms with Gasteiger partial charge in [0.25, 0.3) is 0 Å². The zero-order valence-corrected chi connectivity index (χ0v) is 8.16. The fraction of sp³-hybridized carbons (Fsp3) is 0.333. The Morgan fingerprint density at radius 1 is 1.27 bits per heavy atom. The van der Waals surface area contributed by atoms with Crippen molar-refractivity contribution in [2.75, 3.05) is 5.75 Å². The fourth-order valence-corrected chi connectivity index (χ4v) is 1.82. The third-order valence-corrected chi connectivity index (χ3v) is 2.77. The van der Waals surface area contributed by atoms with Crippen molar-refractivity contribution in [1.82, 2.24) is 0 Å². The molecule has 1 saturated heterocycles. The second-order valence-corrected chi connectivity index (χ2v) is 4.33. The number of ether oxygens (including phenoxy) is 1. The maximum atomic E-state index is 12.9. The number of hydrogen-bond acceptors (Lipinski definition) is 2. The monoisotopic (exact) mass is 238 g/mol. The second kappa shape index (κ2) is 3.59. The molecule has 1 aliphatic heterocycles. The van der Waals surface area contributed by atoms with Crippen LogP contribution in [0.1, 0.15) is 10.8 Å². The molecule has 0 amide bonds. The minimum atomic E-state index is -4.78. The maximum Gasteiger partial charge on any atom is 0.573 e. The van der Waals surface area contributed by atoms with E-state index in [4.69, 9.17) is 0 Å². The Morgan fingerprint density at radius 2 is 1.93 bits per heavy atom. The average molecular weight is 238 g/mol. The van der Waals surface area contributed by atoms with Crippen molar-refractivity contribution in [1.29, 1.82) is 0 Å². The zero-order valence-electron chi connectivity index (χ0n) is 7.34. The van der Waals surface area contributed by atoms with Crippen molar-refractivity contribution < 1.29 is 22.3 Å². The van der Waals surface area contributed by atoms with E-state index in [9.17, 15) is 17.6 Å². The Labute approximate surface area is 87.4 Å². The highest BCUT2D eigenvalue weighted by Gasteiger charge is 2.32. The minimum Gasteiger partial charge on any atom is -0.406 e. The van der Waals surface area contributed by atoms with Crippen molar-refractivity contribution in [3.05, 3.63) is 29.6 Å². The summed E-state index contributed by atoms with van der Waals surface area (Å²) in [6.07, 6.45) is -4.78. The molecule has 0 aliphatic carbocycles. The highest BCUT2D eigenvalue weighted by molar-refractivity contribution is 8.06. The summed E-state index contributed by atoms with van der Waals surface area (Å²) < 4.78 is 52.2. The molecule has 0 N–H and O–H groups in total. The Balaban J connectivity index is 2.23. The highest BCUT2D eigenvalue weighted by atomic mass is 32.2. The lowest BCUT2D eigenvalue weighted by atomic mass is 10.1. The topological polar surface area (TPSA) is 9.23 Å². The van der Waals surface area contributed by atoms with Crippen LogP contribution in [-0.2, 0) is 0 Å². The van der Waals surface area contributed by atoms with Crippen molar-refractivity contribution in [3.63, 3.8) is 0 Å². The lowest BCUT2D eigenvalue weighted by molar-refractivity contribution is -0.274. The molecular formula is C9H6F4OS. The largest absolute Gasteiger partial charge is 0.573 e. The van der Waals surface area contributed by atoms with Crippen LogP contribution in [0.3, 0.4) is 0 Å². The van der Waals surface area contributed by atoms with Crippen LogP contribution in [-0.4, -0.2) is 12.1 Å². The van der Waals surface area contributed by atoms with Gasteiger partial charge in [-0.15, -0.1) is 13.2 Å². The van der Waals surface area contributed by atoms with Crippen LogP contribution in [0.2, 0.25) is 0 Å². The number of hydrogen-bond donors (Lipinski definition) is 0. The summed E-state index contributed by atoms with van der Waals surface area (Å²) in [5, 5.41) is 0.108. The number of rotatable bonds is 2. The molecule has 1 aromatic carbocycles. The van der Waals surface area contributed by atoms with Crippen molar-refractivity contribution >= 4 is 11.8 Å². The number of thioether (sulfide) groups is 1. The van der Waals surface area contributed by atoms with Gasteiger partial charge in [-0.2, -0.15) is 11.8 Å². The first-order chi connectivity index (χ1) is 6.94. The quantitative estimate of drug-likeness (QED) is 0.576. The van der Waals surface area contributed by atoms with E-state index in [2.05, 4.69) is 4.74 Å². The van der Waals surface area contributed by atoms with E-state index in [1.54, 1.807) is 11.8 Å². The molecule has 0 aromatic heterocycles. The molecule has 1 heterocycles. The lowest BCUT2D eigenvalue weighted by Gasteiger charge is -2.09. The number of halogens is 4. The summed E-state index contributed by atoms with van der Waals surface area (Å²) in [6.45, 7) is 0. The first-order valence-corrected chi connectivity index (χ1v) is 5.17. The first kappa shape index (κ1) is 10.6. The van der Waals surface area contributed by atoms with E-state index in [0.717, 1.165) is 11.8 Å². The van der Waals surface area contributed by atoms with Gasteiger partial charge in [0.15, 0.2) is 0 Å². The van der Waals surface area contributed by atoms with Crippen molar-refractivity contribution in [2.45, 2.75) is 11.6 Å². The standard InChI is InChI=1S/C9H6F4OS/c10-6-1-5(8-4-15-8)2-7(3-6)14-9(11,12)13/h1-3,8H,4H2. The summed E-state index contributed by atoms with van der Waals surface area (Å²) in [7, 11) is 0. The lowest BCUT2D eigenvalue weighted by Crippen LogP contribution is -2.17. The summed E-state index contributed by atoms with van der Waals surface area (Å²) in [5.74, 6) is -0.390. The van der Waals surface area contributed by atoms with Gasteiger partial charge in [-0.05, 0) is 17.7 Å². The van der Waals surface area contributed by atoms with Gasteiger partial charge in [0, 0.05) is 17.1 Å². The number of alkyl halides is 3. The maximum absolute atomic E-state index is 12.9. The molecule has 0 spiro atoms. The minimum absolute atomic E-state index is 0.108. The molecule has 1 aliphatic rings. The van der Waals surface area contributed by atoms with Crippen molar-refractivity contribution in [2.24, 2.45) is 0 Å². The predicted octanol–water partition coefficient (Wildman–Crippen LogP) is 3.51. The molecule has 1 unspecified atom stereocenters. The highest BCUT2D eigenvalue weighted by Crippen LogP contribution is 2.47. The number of benzene rings is 1. The van der Waals surface area contributed by atoms with Gasteiger partial charge in [-0.1, -0.05) is 0 Å². The van der Waals surface area contributed by atoms with Crippen LogP contribution in [0.5, 0.6) is 5.75 Å². The smallest absolute Gasteiger partial charge is 0.406 e. The molecule has 0 saturated carbocycles. The molecule has 1 nitrogen and oxygen atoms in total.